The molecule has 0 saturated heterocycles. The fourth-order valence-electron chi connectivity index (χ4n) is 3.87. The Morgan fingerprint density at radius 2 is 2.06 bits per heavy atom. The summed E-state index contributed by atoms with van der Waals surface area (Å²) in [5.41, 5.74) is 1.07. The van der Waals surface area contributed by atoms with Gasteiger partial charge in [-0.25, -0.2) is 9.79 Å². The van der Waals surface area contributed by atoms with E-state index < -0.39 is 12.0 Å². The Hall–Kier alpha value is -3.33. The number of aromatic nitrogens is 1. The lowest BCUT2D eigenvalue weighted by Gasteiger charge is -2.22. The lowest BCUT2D eigenvalue weighted by molar-refractivity contribution is -0.139. The second kappa shape index (κ2) is 9.37. The molecule has 0 aliphatic carbocycles. The maximum atomic E-state index is 13.5. The van der Waals surface area contributed by atoms with E-state index >= 15 is 0 Å². The van der Waals surface area contributed by atoms with Crippen molar-refractivity contribution in [1.29, 1.82) is 0 Å². The first-order valence-electron chi connectivity index (χ1n) is 10.7. The molecule has 0 bridgehead atoms. The third-order valence-corrected chi connectivity index (χ3v) is 7.16. The summed E-state index contributed by atoms with van der Waals surface area (Å²) in [6.07, 6.45) is 3.18. The number of furan rings is 2. The second-order valence-electron chi connectivity index (χ2n) is 7.65. The number of allylic oxidation sites excluding steroid dienone is 1. The van der Waals surface area contributed by atoms with Gasteiger partial charge in [0.1, 0.15) is 23.3 Å². The van der Waals surface area contributed by atoms with E-state index in [1.165, 1.54) is 22.2 Å². The molecule has 0 amide bonds. The molecule has 0 spiro atoms. The summed E-state index contributed by atoms with van der Waals surface area (Å²) in [5, 5.41) is 0.810. The highest BCUT2D eigenvalue weighted by Crippen LogP contribution is 2.35. The highest BCUT2D eigenvalue weighted by Gasteiger charge is 2.35. The van der Waals surface area contributed by atoms with Crippen LogP contribution in [-0.4, -0.2) is 17.1 Å². The van der Waals surface area contributed by atoms with Gasteiger partial charge < -0.3 is 13.6 Å². The minimum Gasteiger partial charge on any atom is -0.465 e. The van der Waals surface area contributed by atoms with E-state index in [1.807, 2.05) is 0 Å². The Balaban J connectivity index is 1.69. The molecule has 4 aromatic rings. The summed E-state index contributed by atoms with van der Waals surface area (Å²) in [7, 11) is 0. The van der Waals surface area contributed by atoms with Gasteiger partial charge in [-0.1, -0.05) is 34.5 Å². The number of fused-ring (bicyclic) bond motifs is 1. The average molecular weight is 529 g/mol. The third kappa shape index (κ3) is 4.29. The Morgan fingerprint density at radius 3 is 2.77 bits per heavy atom. The number of carbonyl (C=O) groups excluding carboxylic acids is 1. The summed E-state index contributed by atoms with van der Waals surface area (Å²) in [5.74, 6) is 0.864. The first-order chi connectivity index (χ1) is 16.9. The van der Waals surface area contributed by atoms with Gasteiger partial charge in [-0.05, 0) is 56.3 Å². The van der Waals surface area contributed by atoms with Gasteiger partial charge in [0.2, 0.25) is 0 Å². The minimum atomic E-state index is -0.861. The van der Waals surface area contributed by atoms with Crippen molar-refractivity contribution in [2.24, 2.45) is 4.99 Å². The molecule has 35 heavy (non-hydrogen) atoms. The number of hydrogen-bond donors (Lipinski definition) is 0. The van der Waals surface area contributed by atoms with E-state index in [-0.39, 0.29) is 17.7 Å². The van der Waals surface area contributed by atoms with Gasteiger partial charge in [0.05, 0.1) is 38.7 Å². The molecule has 7 nitrogen and oxygen atoms in total. The van der Waals surface area contributed by atoms with Crippen LogP contribution in [0, 0.1) is 0 Å². The Kier molecular flexibility index (Phi) is 6.27. The van der Waals surface area contributed by atoms with Crippen LogP contribution in [0.3, 0.4) is 0 Å². The number of hydrogen-bond acceptors (Lipinski definition) is 7. The van der Waals surface area contributed by atoms with Crippen LogP contribution in [0.4, 0.5) is 0 Å². The number of carbonyl (C=O) groups is 1. The first-order valence-corrected chi connectivity index (χ1v) is 12.2. The van der Waals surface area contributed by atoms with Crippen molar-refractivity contribution in [3.05, 3.63) is 101 Å². The lowest BCUT2D eigenvalue weighted by Crippen LogP contribution is -2.39. The van der Waals surface area contributed by atoms with E-state index in [0.717, 1.165) is 0 Å². The van der Waals surface area contributed by atoms with Gasteiger partial charge in [-0.2, -0.15) is 0 Å². The SMILES string of the molecule is CCOC(=O)C1=C(C)N=c2s/c(=C\c3ccco3)c(=O)n2[C@@H]1c1ccc(-c2ccc(Cl)c(Cl)c2)o1. The smallest absolute Gasteiger partial charge is 0.338 e. The maximum Gasteiger partial charge on any atom is 0.338 e. The highest BCUT2D eigenvalue weighted by molar-refractivity contribution is 7.07. The van der Waals surface area contributed by atoms with E-state index in [1.54, 1.807) is 62.4 Å². The molecule has 1 aromatic carbocycles. The minimum absolute atomic E-state index is 0.178. The van der Waals surface area contributed by atoms with E-state index in [4.69, 9.17) is 36.8 Å². The van der Waals surface area contributed by atoms with Crippen molar-refractivity contribution in [2.75, 3.05) is 6.61 Å². The van der Waals surface area contributed by atoms with E-state index in [2.05, 4.69) is 4.99 Å². The summed E-state index contributed by atoms with van der Waals surface area (Å²) < 4.78 is 18.7. The van der Waals surface area contributed by atoms with Crippen LogP contribution in [-0.2, 0) is 9.53 Å². The second-order valence-corrected chi connectivity index (χ2v) is 9.47. The summed E-state index contributed by atoms with van der Waals surface area (Å²) in [4.78, 5) is 31.5. The predicted octanol–water partition coefficient (Wildman–Crippen LogP) is 4.96. The molecule has 0 fully saturated rings. The molecule has 1 aliphatic heterocycles. The van der Waals surface area contributed by atoms with E-state index in [9.17, 15) is 9.59 Å². The molecular formula is C25H18Cl2N2O5S. The average Bonchev–Trinajstić information content (AvgIpc) is 3.57. The standard InChI is InChI=1S/C25H18Cl2N2O5S/c1-3-32-24(31)21-13(2)28-25-29(23(30)20(35-25)12-15-5-4-10-33-15)22(21)19-9-8-18(34-19)14-6-7-16(26)17(27)11-14/h4-12,22H,3H2,1-2H3/b20-12-/t22-/m1/s1. The number of ether oxygens (including phenoxy) is 1. The number of thiazole rings is 1. The van der Waals surface area contributed by atoms with Gasteiger partial charge in [-0.15, -0.1) is 0 Å². The van der Waals surface area contributed by atoms with Crippen LogP contribution in [0.25, 0.3) is 17.4 Å². The van der Waals surface area contributed by atoms with Crippen LogP contribution in [0.2, 0.25) is 10.0 Å². The van der Waals surface area contributed by atoms with Gasteiger partial charge in [0.25, 0.3) is 5.56 Å². The molecule has 10 heteroatoms. The van der Waals surface area contributed by atoms with E-state index in [0.29, 0.717) is 47.9 Å². The Morgan fingerprint density at radius 1 is 1.23 bits per heavy atom. The summed E-state index contributed by atoms with van der Waals surface area (Å²) in [6, 6.07) is 11.3. The molecule has 0 saturated carbocycles. The third-order valence-electron chi connectivity index (χ3n) is 5.43. The number of halogens is 2. The largest absolute Gasteiger partial charge is 0.465 e. The van der Waals surface area contributed by atoms with Crippen molar-refractivity contribution < 1.29 is 18.4 Å². The zero-order valence-corrected chi connectivity index (χ0v) is 20.9. The molecule has 1 atom stereocenters. The Labute approximate surface area is 213 Å². The Bertz CT molecular complexity index is 1640. The van der Waals surface area contributed by atoms with Crippen LogP contribution >= 0.6 is 34.5 Å². The monoisotopic (exact) mass is 528 g/mol. The molecule has 3 aromatic heterocycles. The number of nitrogens with zero attached hydrogens (tertiary/aromatic N) is 2. The molecule has 5 rings (SSSR count). The molecule has 1 aliphatic rings. The van der Waals surface area contributed by atoms with Crippen molar-refractivity contribution in [3.8, 4) is 11.3 Å². The summed E-state index contributed by atoms with van der Waals surface area (Å²) in [6.45, 7) is 3.61. The lowest BCUT2D eigenvalue weighted by atomic mass is 10.0. The van der Waals surface area contributed by atoms with Gasteiger partial charge >= 0.3 is 5.97 Å². The normalized spacial score (nSPS) is 15.8. The number of esters is 1. The fraction of sp³-hybridized carbons (Fsp3) is 0.160. The summed E-state index contributed by atoms with van der Waals surface area (Å²) >= 11 is 13.4. The topological polar surface area (TPSA) is 86.9 Å². The molecule has 0 N–H and O–H groups in total. The quantitative estimate of drug-likeness (QED) is 0.341. The van der Waals surface area contributed by atoms with Crippen LogP contribution < -0.4 is 14.9 Å². The molecule has 4 heterocycles. The number of benzene rings is 1. The maximum absolute atomic E-state index is 13.5. The first kappa shape index (κ1) is 23.4. The van der Waals surface area contributed by atoms with Crippen molar-refractivity contribution >= 4 is 46.6 Å². The highest BCUT2D eigenvalue weighted by atomic mass is 35.5. The van der Waals surface area contributed by atoms with Gasteiger partial charge in [0.15, 0.2) is 4.80 Å². The zero-order valence-electron chi connectivity index (χ0n) is 18.6. The zero-order chi connectivity index (χ0) is 24.7. The van der Waals surface area contributed by atoms with Crippen LogP contribution in [0.1, 0.15) is 31.4 Å². The molecular weight excluding hydrogens is 511 g/mol. The molecule has 178 valence electrons. The molecule has 0 unspecified atom stereocenters. The van der Waals surface area contributed by atoms with Gasteiger partial charge in [0, 0.05) is 11.6 Å². The van der Waals surface area contributed by atoms with Crippen LogP contribution in [0.5, 0.6) is 0 Å². The van der Waals surface area contributed by atoms with Crippen LogP contribution in [0.15, 0.2) is 78.6 Å². The predicted molar refractivity (Wildman–Crippen MR) is 133 cm³/mol. The fourth-order valence-corrected chi connectivity index (χ4v) is 5.19. The van der Waals surface area contributed by atoms with Crippen molar-refractivity contribution in [1.82, 2.24) is 4.57 Å². The van der Waals surface area contributed by atoms with Gasteiger partial charge in [-0.3, -0.25) is 9.36 Å². The van der Waals surface area contributed by atoms with Crippen molar-refractivity contribution in [3.63, 3.8) is 0 Å². The van der Waals surface area contributed by atoms with Crippen molar-refractivity contribution in [2.45, 2.75) is 19.9 Å². The number of rotatable bonds is 5. The molecule has 0 radical (unpaired) electrons.